The summed E-state index contributed by atoms with van der Waals surface area (Å²) in [7, 11) is 0. The van der Waals surface area contributed by atoms with Crippen LogP contribution in [0.3, 0.4) is 0 Å². The quantitative estimate of drug-likeness (QED) is 0.665. The van der Waals surface area contributed by atoms with E-state index in [0.717, 1.165) is 22.9 Å². The smallest absolute Gasteiger partial charge is 0.120 e. The van der Waals surface area contributed by atoms with Gasteiger partial charge in [-0.3, -0.25) is 0 Å². The van der Waals surface area contributed by atoms with E-state index in [4.69, 9.17) is 16.3 Å². The van der Waals surface area contributed by atoms with Crippen molar-refractivity contribution in [3.63, 3.8) is 0 Å². The monoisotopic (exact) mass is 285 g/mol. The van der Waals surface area contributed by atoms with Gasteiger partial charge in [-0.1, -0.05) is 23.7 Å². The molecule has 0 fully saturated rings. The fraction of sp³-hybridized carbons (Fsp3) is 0.176. The summed E-state index contributed by atoms with van der Waals surface area (Å²) in [6.45, 7) is 3.65. The lowest BCUT2D eigenvalue weighted by Crippen LogP contribution is -1.95. The fourth-order valence-electron chi connectivity index (χ4n) is 2.34. The van der Waals surface area contributed by atoms with Crippen molar-refractivity contribution in [2.24, 2.45) is 0 Å². The largest absolute Gasteiger partial charge is 0.489 e. The maximum Gasteiger partial charge on any atom is 0.120 e. The van der Waals surface area contributed by atoms with E-state index in [2.05, 4.69) is 35.9 Å². The second-order valence-electron chi connectivity index (χ2n) is 4.74. The Morgan fingerprint density at radius 2 is 2.00 bits per heavy atom. The Hall–Kier alpha value is -1.93. The summed E-state index contributed by atoms with van der Waals surface area (Å²) in [6.07, 6.45) is 2.10. The molecule has 0 radical (unpaired) electrons. The van der Waals surface area contributed by atoms with E-state index in [1.54, 1.807) is 0 Å². The molecule has 2 aromatic carbocycles. The van der Waals surface area contributed by atoms with E-state index in [1.165, 1.54) is 10.9 Å². The highest BCUT2D eigenvalue weighted by Gasteiger charge is 2.02. The van der Waals surface area contributed by atoms with Crippen molar-refractivity contribution in [3.8, 4) is 5.75 Å². The average Bonchev–Trinajstić information content (AvgIpc) is 2.87. The molecule has 1 heterocycles. The molecule has 0 amide bonds. The summed E-state index contributed by atoms with van der Waals surface area (Å²) >= 11 is 5.97. The number of hydrogen-bond donors (Lipinski definition) is 0. The molecular weight excluding hydrogens is 270 g/mol. The molecule has 1 aromatic heterocycles. The van der Waals surface area contributed by atoms with Crippen molar-refractivity contribution < 1.29 is 4.74 Å². The molecule has 0 aliphatic heterocycles. The zero-order valence-electron chi connectivity index (χ0n) is 11.3. The van der Waals surface area contributed by atoms with Crippen LogP contribution in [0.25, 0.3) is 10.9 Å². The van der Waals surface area contributed by atoms with E-state index in [1.807, 2.05) is 30.3 Å². The topological polar surface area (TPSA) is 14.2 Å². The molecule has 0 aliphatic carbocycles. The van der Waals surface area contributed by atoms with Gasteiger partial charge in [0.2, 0.25) is 0 Å². The Labute approximate surface area is 123 Å². The summed E-state index contributed by atoms with van der Waals surface area (Å²) in [6, 6.07) is 16.0. The predicted molar refractivity (Wildman–Crippen MR) is 83.4 cm³/mol. The number of aromatic nitrogens is 1. The van der Waals surface area contributed by atoms with Gasteiger partial charge in [0.15, 0.2) is 0 Å². The Morgan fingerprint density at radius 3 is 2.80 bits per heavy atom. The first kappa shape index (κ1) is 13.1. The molecule has 0 spiro atoms. The molecule has 20 heavy (non-hydrogen) atoms. The Balaban J connectivity index is 1.78. The summed E-state index contributed by atoms with van der Waals surface area (Å²) in [5, 5.41) is 1.94. The van der Waals surface area contributed by atoms with Gasteiger partial charge >= 0.3 is 0 Å². The van der Waals surface area contributed by atoms with E-state index in [9.17, 15) is 0 Å². The van der Waals surface area contributed by atoms with E-state index < -0.39 is 0 Å². The van der Waals surface area contributed by atoms with Gasteiger partial charge in [0.05, 0.1) is 0 Å². The summed E-state index contributed by atoms with van der Waals surface area (Å²) < 4.78 is 8.05. The van der Waals surface area contributed by atoms with Crippen LogP contribution in [0.2, 0.25) is 5.02 Å². The first-order valence-electron chi connectivity index (χ1n) is 6.72. The maximum absolute atomic E-state index is 5.97. The summed E-state index contributed by atoms with van der Waals surface area (Å²) in [5.41, 5.74) is 2.31. The highest BCUT2D eigenvalue weighted by molar-refractivity contribution is 6.30. The first-order valence-corrected chi connectivity index (χ1v) is 7.10. The van der Waals surface area contributed by atoms with E-state index >= 15 is 0 Å². The van der Waals surface area contributed by atoms with Crippen LogP contribution in [0, 0.1) is 0 Å². The lowest BCUT2D eigenvalue weighted by atomic mass is 10.2. The maximum atomic E-state index is 5.97. The zero-order valence-corrected chi connectivity index (χ0v) is 12.1. The van der Waals surface area contributed by atoms with Gasteiger partial charge in [-0.2, -0.15) is 0 Å². The number of nitrogens with zero attached hydrogens (tertiary/aromatic N) is 1. The summed E-state index contributed by atoms with van der Waals surface area (Å²) in [4.78, 5) is 0. The molecule has 0 saturated carbocycles. The number of ether oxygens (including phenoxy) is 1. The van der Waals surface area contributed by atoms with Crippen molar-refractivity contribution in [2.75, 3.05) is 0 Å². The molecule has 2 nitrogen and oxygen atoms in total. The lowest BCUT2D eigenvalue weighted by Gasteiger charge is -2.07. The zero-order chi connectivity index (χ0) is 13.9. The first-order chi connectivity index (χ1) is 9.76. The molecule has 3 rings (SSSR count). The minimum atomic E-state index is 0.528. The molecule has 0 N–H and O–H groups in total. The third-order valence-corrected chi connectivity index (χ3v) is 3.61. The Bertz CT molecular complexity index is 733. The minimum absolute atomic E-state index is 0.528. The number of benzene rings is 2. The van der Waals surface area contributed by atoms with Gasteiger partial charge in [-0.15, -0.1) is 0 Å². The van der Waals surface area contributed by atoms with E-state index in [0.29, 0.717) is 6.61 Å². The number of halogens is 1. The lowest BCUT2D eigenvalue weighted by molar-refractivity contribution is 0.306. The molecule has 0 bridgehead atoms. The highest BCUT2D eigenvalue weighted by atomic mass is 35.5. The van der Waals surface area contributed by atoms with Gasteiger partial charge in [0.1, 0.15) is 12.4 Å². The summed E-state index contributed by atoms with van der Waals surface area (Å²) in [5.74, 6) is 0.881. The normalized spacial score (nSPS) is 10.9. The third-order valence-electron chi connectivity index (χ3n) is 3.38. The van der Waals surface area contributed by atoms with Crippen molar-refractivity contribution in [1.82, 2.24) is 4.57 Å². The third kappa shape index (κ3) is 2.66. The van der Waals surface area contributed by atoms with Gasteiger partial charge in [0, 0.05) is 28.7 Å². The highest BCUT2D eigenvalue weighted by Crippen LogP contribution is 2.23. The van der Waals surface area contributed by atoms with Crippen molar-refractivity contribution in [3.05, 3.63) is 65.3 Å². The standard InChI is InChI=1S/C17H16ClNO/c1-2-19-9-8-14-11-16(6-7-17(14)19)20-12-13-4-3-5-15(18)10-13/h3-11H,2,12H2,1H3. The second-order valence-corrected chi connectivity index (χ2v) is 5.18. The van der Waals surface area contributed by atoms with Gasteiger partial charge in [-0.05, 0) is 48.9 Å². The number of fused-ring (bicyclic) bond motifs is 1. The second kappa shape index (κ2) is 5.59. The van der Waals surface area contributed by atoms with Gasteiger partial charge in [0.25, 0.3) is 0 Å². The molecule has 3 heteroatoms. The Kier molecular flexibility index (Phi) is 3.66. The SMILES string of the molecule is CCn1ccc2cc(OCc3cccc(Cl)c3)ccc21. The number of hydrogen-bond acceptors (Lipinski definition) is 1. The molecule has 0 unspecified atom stereocenters. The van der Waals surface area contributed by atoms with E-state index in [-0.39, 0.29) is 0 Å². The molecule has 102 valence electrons. The van der Waals surface area contributed by atoms with Crippen molar-refractivity contribution >= 4 is 22.5 Å². The van der Waals surface area contributed by atoms with Crippen LogP contribution < -0.4 is 4.74 Å². The minimum Gasteiger partial charge on any atom is -0.489 e. The fourth-order valence-corrected chi connectivity index (χ4v) is 2.55. The van der Waals surface area contributed by atoms with Crippen LogP contribution in [0.5, 0.6) is 5.75 Å². The molecule has 0 aliphatic rings. The van der Waals surface area contributed by atoms with Crippen molar-refractivity contribution in [1.29, 1.82) is 0 Å². The van der Waals surface area contributed by atoms with Crippen LogP contribution in [-0.2, 0) is 13.2 Å². The molecular formula is C17H16ClNO. The average molecular weight is 286 g/mol. The van der Waals surface area contributed by atoms with Gasteiger partial charge < -0.3 is 9.30 Å². The van der Waals surface area contributed by atoms with Crippen LogP contribution in [-0.4, -0.2) is 4.57 Å². The van der Waals surface area contributed by atoms with Crippen molar-refractivity contribution in [2.45, 2.75) is 20.1 Å². The number of rotatable bonds is 4. The van der Waals surface area contributed by atoms with Crippen LogP contribution in [0.1, 0.15) is 12.5 Å². The molecule has 0 atom stereocenters. The van der Waals surface area contributed by atoms with Crippen LogP contribution in [0.15, 0.2) is 54.7 Å². The number of aryl methyl sites for hydroxylation is 1. The molecule has 3 aromatic rings. The molecule has 0 saturated heterocycles. The predicted octanol–water partition coefficient (Wildman–Crippen LogP) is 4.89. The Morgan fingerprint density at radius 1 is 1.10 bits per heavy atom. The van der Waals surface area contributed by atoms with Crippen LogP contribution >= 0.6 is 11.6 Å². The van der Waals surface area contributed by atoms with Gasteiger partial charge in [-0.25, -0.2) is 0 Å². The van der Waals surface area contributed by atoms with Crippen LogP contribution in [0.4, 0.5) is 0 Å².